The Bertz CT molecular complexity index is 393. The number of rotatable bonds is 11. The van der Waals surface area contributed by atoms with Crippen LogP contribution in [0.3, 0.4) is 0 Å². The van der Waals surface area contributed by atoms with Gasteiger partial charge in [0.15, 0.2) is 11.5 Å². The predicted molar refractivity (Wildman–Crippen MR) is 89.2 cm³/mol. The molecule has 0 radical (unpaired) electrons. The number of unbranched alkanes of at least 4 members (excludes halogenated alkanes) is 1. The van der Waals surface area contributed by atoms with Crippen LogP contribution < -0.4 is 15.2 Å². The van der Waals surface area contributed by atoms with Gasteiger partial charge in [-0.1, -0.05) is 39.2 Å². The number of ether oxygens (including phenoxy) is 2. The Morgan fingerprint density at radius 3 is 2.52 bits per heavy atom. The highest BCUT2D eigenvalue weighted by molar-refractivity contribution is 5.43. The highest BCUT2D eigenvalue weighted by Gasteiger charge is 2.10. The molecule has 2 N–H and O–H groups in total. The fourth-order valence-corrected chi connectivity index (χ4v) is 2.37. The molecule has 0 heterocycles. The predicted octanol–water partition coefficient (Wildman–Crippen LogP) is 4.18. The van der Waals surface area contributed by atoms with E-state index in [0.29, 0.717) is 19.1 Å². The molecule has 1 atom stereocenters. The standard InChI is InChI=1S/C18H31NO2/c1-4-7-8-15(5-2)14-21-17-10-9-16(11-12-19)13-18(17)20-6-3/h9-10,13,15H,4-8,11-12,14,19H2,1-3H3. The van der Waals surface area contributed by atoms with Crippen LogP contribution in [0.25, 0.3) is 0 Å². The second kappa shape index (κ2) is 10.5. The van der Waals surface area contributed by atoms with Crippen molar-refractivity contribution in [2.24, 2.45) is 11.7 Å². The minimum absolute atomic E-state index is 0.628. The number of hydrogen-bond acceptors (Lipinski definition) is 3. The van der Waals surface area contributed by atoms with E-state index < -0.39 is 0 Å². The number of benzene rings is 1. The molecule has 3 heteroatoms. The summed E-state index contributed by atoms with van der Waals surface area (Å²) in [5.74, 6) is 2.32. The lowest BCUT2D eigenvalue weighted by Gasteiger charge is -2.18. The average Bonchev–Trinajstić information content (AvgIpc) is 2.50. The molecular formula is C18H31NO2. The van der Waals surface area contributed by atoms with Crippen molar-refractivity contribution in [3.8, 4) is 11.5 Å². The second-order valence-electron chi connectivity index (χ2n) is 5.48. The van der Waals surface area contributed by atoms with Crippen LogP contribution >= 0.6 is 0 Å². The minimum atomic E-state index is 0.628. The molecule has 0 bridgehead atoms. The molecule has 1 aromatic carbocycles. The van der Waals surface area contributed by atoms with Gasteiger partial charge in [-0.15, -0.1) is 0 Å². The van der Waals surface area contributed by atoms with E-state index in [1.165, 1.54) is 24.8 Å². The minimum Gasteiger partial charge on any atom is -0.490 e. The van der Waals surface area contributed by atoms with Crippen LogP contribution in [0.1, 0.15) is 52.0 Å². The Labute approximate surface area is 129 Å². The summed E-state index contributed by atoms with van der Waals surface area (Å²) < 4.78 is 11.7. The van der Waals surface area contributed by atoms with Crippen LogP contribution in [0.5, 0.6) is 11.5 Å². The van der Waals surface area contributed by atoms with E-state index in [1.54, 1.807) is 0 Å². The van der Waals surface area contributed by atoms with Crippen LogP contribution in [0.2, 0.25) is 0 Å². The van der Waals surface area contributed by atoms with Gasteiger partial charge in [-0.2, -0.15) is 0 Å². The lowest BCUT2D eigenvalue weighted by atomic mass is 10.0. The van der Waals surface area contributed by atoms with Gasteiger partial charge in [-0.25, -0.2) is 0 Å². The van der Waals surface area contributed by atoms with Crippen LogP contribution in [0.4, 0.5) is 0 Å². The summed E-state index contributed by atoms with van der Waals surface area (Å²) in [5, 5.41) is 0. The molecule has 1 rings (SSSR count). The van der Waals surface area contributed by atoms with Crippen molar-refractivity contribution in [2.75, 3.05) is 19.8 Å². The van der Waals surface area contributed by atoms with Gasteiger partial charge in [0.25, 0.3) is 0 Å². The van der Waals surface area contributed by atoms with E-state index in [0.717, 1.165) is 30.9 Å². The number of nitrogens with two attached hydrogens (primary N) is 1. The van der Waals surface area contributed by atoms with Gasteiger partial charge < -0.3 is 15.2 Å². The van der Waals surface area contributed by atoms with E-state index >= 15 is 0 Å². The first kappa shape index (κ1) is 17.8. The van der Waals surface area contributed by atoms with Gasteiger partial charge in [-0.3, -0.25) is 0 Å². The first-order chi connectivity index (χ1) is 10.2. The molecule has 0 aliphatic heterocycles. The van der Waals surface area contributed by atoms with Crippen molar-refractivity contribution in [3.63, 3.8) is 0 Å². The molecule has 1 aromatic rings. The maximum absolute atomic E-state index is 6.02. The monoisotopic (exact) mass is 293 g/mol. The molecule has 120 valence electrons. The fourth-order valence-electron chi connectivity index (χ4n) is 2.37. The molecule has 0 saturated heterocycles. The summed E-state index contributed by atoms with van der Waals surface area (Å²) in [6, 6.07) is 6.15. The molecule has 1 unspecified atom stereocenters. The normalized spacial score (nSPS) is 12.2. The maximum Gasteiger partial charge on any atom is 0.161 e. The zero-order chi connectivity index (χ0) is 15.5. The van der Waals surface area contributed by atoms with Crippen molar-refractivity contribution >= 4 is 0 Å². The van der Waals surface area contributed by atoms with Crippen molar-refractivity contribution in [1.29, 1.82) is 0 Å². The van der Waals surface area contributed by atoms with Crippen LogP contribution in [-0.2, 0) is 6.42 Å². The summed E-state index contributed by atoms with van der Waals surface area (Å²) in [7, 11) is 0. The molecular weight excluding hydrogens is 262 g/mol. The van der Waals surface area contributed by atoms with Gasteiger partial charge in [0, 0.05) is 0 Å². The molecule has 0 aliphatic rings. The molecule has 0 saturated carbocycles. The Hall–Kier alpha value is -1.22. The van der Waals surface area contributed by atoms with Crippen molar-refractivity contribution in [3.05, 3.63) is 23.8 Å². The third kappa shape index (κ3) is 6.38. The van der Waals surface area contributed by atoms with Gasteiger partial charge in [-0.05, 0) is 49.9 Å². The van der Waals surface area contributed by atoms with Crippen molar-refractivity contribution in [1.82, 2.24) is 0 Å². The van der Waals surface area contributed by atoms with Crippen LogP contribution in [-0.4, -0.2) is 19.8 Å². The zero-order valence-corrected chi connectivity index (χ0v) is 13.9. The third-order valence-electron chi connectivity index (χ3n) is 3.76. The summed E-state index contributed by atoms with van der Waals surface area (Å²) in [4.78, 5) is 0. The SMILES string of the molecule is CCCCC(CC)COc1ccc(CCN)cc1OCC. The molecule has 0 spiro atoms. The van der Waals surface area contributed by atoms with Gasteiger partial charge >= 0.3 is 0 Å². The molecule has 0 aromatic heterocycles. The van der Waals surface area contributed by atoms with E-state index in [1.807, 2.05) is 13.0 Å². The highest BCUT2D eigenvalue weighted by Crippen LogP contribution is 2.29. The summed E-state index contributed by atoms with van der Waals surface area (Å²) >= 11 is 0. The largest absolute Gasteiger partial charge is 0.490 e. The first-order valence-electron chi connectivity index (χ1n) is 8.33. The van der Waals surface area contributed by atoms with Crippen LogP contribution in [0, 0.1) is 5.92 Å². The Morgan fingerprint density at radius 2 is 1.90 bits per heavy atom. The van der Waals surface area contributed by atoms with Crippen molar-refractivity contribution < 1.29 is 9.47 Å². The lowest BCUT2D eigenvalue weighted by molar-refractivity contribution is 0.219. The van der Waals surface area contributed by atoms with Gasteiger partial charge in [0.2, 0.25) is 0 Å². The topological polar surface area (TPSA) is 44.5 Å². The summed E-state index contributed by atoms with van der Waals surface area (Å²) in [6.45, 7) is 8.53. The smallest absolute Gasteiger partial charge is 0.161 e. The molecule has 0 fully saturated rings. The van der Waals surface area contributed by atoms with E-state index in [-0.39, 0.29) is 0 Å². The van der Waals surface area contributed by atoms with Gasteiger partial charge in [0.1, 0.15) is 0 Å². The Balaban J connectivity index is 2.67. The second-order valence-corrected chi connectivity index (χ2v) is 5.48. The quantitative estimate of drug-likeness (QED) is 0.665. The third-order valence-corrected chi connectivity index (χ3v) is 3.76. The van der Waals surface area contributed by atoms with Crippen molar-refractivity contribution in [2.45, 2.75) is 52.9 Å². The Kier molecular flexibility index (Phi) is 8.91. The Morgan fingerprint density at radius 1 is 1.10 bits per heavy atom. The summed E-state index contributed by atoms with van der Waals surface area (Å²) in [6.07, 6.45) is 5.79. The zero-order valence-electron chi connectivity index (χ0n) is 13.9. The first-order valence-corrected chi connectivity index (χ1v) is 8.33. The fraction of sp³-hybridized carbons (Fsp3) is 0.667. The van der Waals surface area contributed by atoms with E-state index in [2.05, 4.69) is 26.0 Å². The molecule has 3 nitrogen and oxygen atoms in total. The van der Waals surface area contributed by atoms with E-state index in [4.69, 9.17) is 15.2 Å². The van der Waals surface area contributed by atoms with Gasteiger partial charge in [0.05, 0.1) is 13.2 Å². The molecule has 0 aliphatic carbocycles. The van der Waals surface area contributed by atoms with E-state index in [9.17, 15) is 0 Å². The summed E-state index contributed by atoms with van der Waals surface area (Å²) in [5.41, 5.74) is 6.81. The highest BCUT2D eigenvalue weighted by atomic mass is 16.5. The lowest BCUT2D eigenvalue weighted by Crippen LogP contribution is -2.12. The number of hydrogen-bond donors (Lipinski definition) is 1. The molecule has 21 heavy (non-hydrogen) atoms. The maximum atomic E-state index is 6.02. The molecule has 0 amide bonds. The van der Waals surface area contributed by atoms with Crippen LogP contribution in [0.15, 0.2) is 18.2 Å². The average molecular weight is 293 g/mol.